The molecule has 0 aliphatic heterocycles. The Morgan fingerprint density at radius 1 is 1.10 bits per heavy atom. The number of amides is 1. The van der Waals surface area contributed by atoms with Crippen molar-refractivity contribution in [1.29, 1.82) is 0 Å². The Kier molecular flexibility index (Phi) is 6.72. The van der Waals surface area contributed by atoms with Crippen LogP contribution < -0.4 is 5.48 Å². The second kappa shape index (κ2) is 8.29. The zero-order valence-corrected chi connectivity index (χ0v) is 12.8. The van der Waals surface area contributed by atoms with E-state index in [1.54, 1.807) is 20.8 Å². The zero-order valence-electron chi connectivity index (χ0n) is 12.8. The van der Waals surface area contributed by atoms with Crippen LogP contribution in [0.3, 0.4) is 0 Å². The molecule has 0 aliphatic rings. The lowest BCUT2D eigenvalue weighted by molar-refractivity contribution is -0.150. The van der Waals surface area contributed by atoms with Gasteiger partial charge in [0.1, 0.15) is 5.60 Å². The highest BCUT2D eigenvalue weighted by molar-refractivity contribution is 5.73. The summed E-state index contributed by atoms with van der Waals surface area (Å²) in [7, 11) is 0. The van der Waals surface area contributed by atoms with Gasteiger partial charge >= 0.3 is 12.1 Å². The van der Waals surface area contributed by atoms with Crippen molar-refractivity contribution in [2.45, 2.75) is 52.1 Å². The molecule has 0 aromatic heterocycles. The van der Waals surface area contributed by atoms with Gasteiger partial charge in [-0.2, -0.15) is 0 Å². The molecule has 0 saturated carbocycles. The van der Waals surface area contributed by atoms with Crippen molar-refractivity contribution in [2.24, 2.45) is 0 Å². The van der Waals surface area contributed by atoms with Crippen molar-refractivity contribution in [1.82, 2.24) is 5.48 Å². The van der Waals surface area contributed by atoms with Gasteiger partial charge in [-0.3, -0.25) is 0 Å². The summed E-state index contributed by atoms with van der Waals surface area (Å²) in [5.41, 5.74) is 2.62. The van der Waals surface area contributed by atoms with Gasteiger partial charge in [-0.05, 0) is 45.6 Å². The van der Waals surface area contributed by atoms with E-state index >= 15 is 0 Å². The number of carbonyl (C=O) groups excluding carboxylic acids is 2. The molecule has 1 aromatic rings. The first-order valence-corrected chi connectivity index (χ1v) is 7.09. The molecule has 1 amide bonds. The third kappa shape index (κ3) is 8.68. The fourth-order valence-electron chi connectivity index (χ4n) is 1.69. The van der Waals surface area contributed by atoms with E-state index in [1.165, 1.54) is 5.56 Å². The molecule has 0 radical (unpaired) electrons. The monoisotopic (exact) mass is 293 g/mol. The number of hydroxylamine groups is 1. The number of hydrogen-bond donors (Lipinski definition) is 1. The Morgan fingerprint density at radius 2 is 1.76 bits per heavy atom. The quantitative estimate of drug-likeness (QED) is 0.667. The third-order valence-corrected chi connectivity index (χ3v) is 2.59. The van der Waals surface area contributed by atoms with Crippen LogP contribution in [0.4, 0.5) is 4.79 Å². The molecule has 5 heteroatoms. The van der Waals surface area contributed by atoms with Crippen LogP contribution in [-0.4, -0.2) is 17.7 Å². The highest BCUT2D eigenvalue weighted by Crippen LogP contribution is 2.08. The molecule has 0 heterocycles. The lowest BCUT2D eigenvalue weighted by Gasteiger charge is -2.19. The Balaban J connectivity index is 2.10. The van der Waals surface area contributed by atoms with E-state index in [1.807, 2.05) is 23.7 Å². The number of aryl methyl sites for hydroxylation is 1. The predicted molar refractivity (Wildman–Crippen MR) is 79.5 cm³/mol. The second-order valence-electron chi connectivity index (χ2n) is 5.77. The molecule has 0 fully saturated rings. The predicted octanol–water partition coefficient (Wildman–Crippen LogP) is 3.38. The van der Waals surface area contributed by atoms with E-state index in [-0.39, 0.29) is 6.42 Å². The smallest absolute Gasteiger partial charge is 0.441 e. The van der Waals surface area contributed by atoms with E-state index in [4.69, 9.17) is 4.74 Å². The first-order valence-electron chi connectivity index (χ1n) is 7.09. The van der Waals surface area contributed by atoms with Crippen molar-refractivity contribution in [3.8, 4) is 0 Å². The molecule has 5 nitrogen and oxygen atoms in total. The van der Waals surface area contributed by atoms with Crippen LogP contribution in [-0.2, 0) is 20.8 Å². The SMILES string of the molecule is CC(C)(C)OC(=O)NOC(=O)CCCCc1ccccc1. The molecule has 1 N–H and O–H groups in total. The molecule has 0 aliphatic carbocycles. The molecule has 0 bridgehead atoms. The molecular weight excluding hydrogens is 270 g/mol. The number of benzene rings is 1. The van der Waals surface area contributed by atoms with Gasteiger partial charge < -0.3 is 9.57 Å². The Morgan fingerprint density at radius 3 is 2.38 bits per heavy atom. The van der Waals surface area contributed by atoms with Gasteiger partial charge in [0.05, 0.1) is 0 Å². The van der Waals surface area contributed by atoms with E-state index < -0.39 is 17.7 Å². The van der Waals surface area contributed by atoms with Crippen LogP contribution >= 0.6 is 0 Å². The topological polar surface area (TPSA) is 64.6 Å². The van der Waals surface area contributed by atoms with E-state index in [9.17, 15) is 9.59 Å². The van der Waals surface area contributed by atoms with Crippen LogP contribution in [0.1, 0.15) is 45.6 Å². The molecule has 0 spiro atoms. The maximum Gasteiger partial charge on any atom is 0.441 e. The lowest BCUT2D eigenvalue weighted by atomic mass is 10.1. The lowest BCUT2D eigenvalue weighted by Crippen LogP contribution is -2.34. The maximum atomic E-state index is 11.4. The summed E-state index contributed by atoms with van der Waals surface area (Å²) in [6.07, 6.45) is 2.03. The summed E-state index contributed by atoms with van der Waals surface area (Å²) in [6, 6.07) is 10.1. The third-order valence-electron chi connectivity index (χ3n) is 2.59. The standard InChI is InChI=1S/C16H23NO4/c1-16(2,3)20-15(19)17-21-14(18)12-8-7-11-13-9-5-4-6-10-13/h4-6,9-10H,7-8,11-12H2,1-3H3,(H,17,19). The zero-order chi connectivity index (χ0) is 15.7. The highest BCUT2D eigenvalue weighted by Gasteiger charge is 2.17. The summed E-state index contributed by atoms with van der Waals surface area (Å²) >= 11 is 0. The Labute approximate surface area is 125 Å². The molecule has 0 unspecified atom stereocenters. The molecule has 0 saturated heterocycles. The normalized spacial score (nSPS) is 10.8. The maximum absolute atomic E-state index is 11.4. The number of hydrogen-bond acceptors (Lipinski definition) is 4. The summed E-state index contributed by atoms with van der Waals surface area (Å²) in [4.78, 5) is 27.3. The summed E-state index contributed by atoms with van der Waals surface area (Å²) in [5, 5.41) is 0. The fourth-order valence-corrected chi connectivity index (χ4v) is 1.69. The fraction of sp³-hybridized carbons (Fsp3) is 0.500. The van der Waals surface area contributed by atoms with E-state index in [0.717, 1.165) is 12.8 Å². The van der Waals surface area contributed by atoms with Crippen LogP contribution in [0.15, 0.2) is 30.3 Å². The van der Waals surface area contributed by atoms with Crippen molar-refractivity contribution >= 4 is 12.1 Å². The first-order chi connectivity index (χ1) is 9.87. The van der Waals surface area contributed by atoms with Gasteiger partial charge in [0.2, 0.25) is 0 Å². The van der Waals surface area contributed by atoms with E-state index in [2.05, 4.69) is 17.0 Å². The second-order valence-corrected chi connectivity index (χ2v) is 5.77. The Hall–Kier alpha value is -2.04. The van der Waals surface area contributed by atoms with E-state index in [0.29, 0.717) is 6.42 Å². The average molecular weight is 293 g/mol. The number of nitrogens with one attached hydrogen (secondary N) is 1. The minimum absolute atomic E-state index is 0.266. The van der Waals surface area contributed by atoms with Crippen molar-refractivity contribution < 1.29 is 19.2 Å². The van der Waals surface area contributed by atoms with Crippen LogP contribution in [0.5, 0.6) is 0 Å². The number of carbonyl (C=O) groups is 2. The Bertz CT molecular complexity index is 451. The molecule has 1 rings (SSSR count). The number of rotatable bonds is 5. The minimum Gasteiger partial charge on any atom is -0.442 e. The van der Waals surface area contributed by atoms with Crippen molar-refractivity contribution in [2.75, 3.05) is 0 Å². The van der Waals surface area contributed by atoms with Gasteiger partial charge in [0.15, 0.2) is 0 Å². The minimum atomic E-state index is -0.764. The van der Waals surface area contributed by atoms with Gasteiger partial charge in [-0.15, -0.1) is 5.48 Å². The molecule has 0 atom stereocenters. The summed E-state index contributed by atoms with van der Waals surface area (Å²) in [6.45, 7) is 5.20. The largest absolute Gasteiger partial charge is 0.442 e. The average Bonchev–Trinajstić information content (AvgIpc) is 2.41. The summed E-state index contributed by atoms with van der Waals surface area (Å²) in [5.74, 6) is -0.464. The summed E-state index contributed by atoms with van der Waals surface area (Å²) < 4.78 is 4.94. The number of unbranched alkanes of at least 4 members (excludes halogenated alkanes) is 1. The molecule has 116 valence electrons. The van der Waals surface area contributed by atoms with Crippen molar-refractivity contribution in [3.63, 3.8) is 0 Å². The van der Waals surface area contributed by atoms with Crippen LogP contribution in [0, 0.1) is 0 Å². The number of ether oxygens (including phenoxy) is 1. The van der Waals surface area contributed by atoms with Gasteiger partial charge in [-0.1, -0.05) is 30.3 Å². The van der Waals surface area contributed by atoms with Gasteiger partial charge in [-0.25, -0.2) is 9.59 Å². The van der Waals surface area contributed by atoms with Crippen molar-refractivity contribution in [3.05, 3.63) is 35.9 Å². The van der Waals surface area contributed by atoms with Crippen LogP contribution in [0.2, 0.25) is 0 Å². The van der Waals surface area contributed by atoms with Crippen LogP contribution in [0.25, 0.3) is 0 Å². The van der Waals surface area contributed by atoms with Gasteiger partial charge in [0.25, 0.3) is 0 Å². The first kappa shape index (κ1) is 17.0. The molecule has 1 aromatic carbocycles. The molecule has 21 heavy (non-hydrogen) atoms. The highest BCUT2D eigenvalue weighted by atomic mass is 16.7. The van der Waals surface area contributed by atoms with Gasteiger partial charge in [0, 0.05) is 6.42 Å². The molecular formula is C16H23NO4.